The summed E-state index contributed by atoms with van der Waals surface area (Å²) in [6.45, 7) is 2.49. The van der Waals surface area contributed by atoms with Crippen LogP contribution in [0.3, 0.4) is 0 Å². The molecule has 28 heavy (non-hydrogen) atoms. The Bertz CT molecular complexity index is 792. The second-order valence-electron chi connectivity index (χ2n) is 7.65. The van der Waals surface area contributed by atoms with Gasteiger partial charge in [-0.25, -0.2) is 0 Å². The highest BCUT2D eigenvalue weighted by Crippen LogP contribution is 2.43. The summed E-state index contributed by atoms with van der Waals surface area (Å²) in [7, 11) is 0. The van der Waals surface area contributed by atoms with E-state index < -0.39 is 5.97 Å². The molecule has 8 heteroatoms. The number of piperidine rings is 2. The third-order valence-electron chi connectivity index (χ3n) is 5.89. The first-order valence-corrected chi connectivity index (χ1v) is 10.8. The number of carboxylic acids is 1. The Morgan fingerprint density at radius 1 is 1.18 bits per heavy atom. The lowest BCUT2D eigenvalue weighted by atomic mass is 9.88. The summed E-state index contributed by atoms with van der Waals surface area (Å²) in [6.07, 6.45) is 2.84. The molecule has 3 aliphatic heterocycles. The number of likely N-dealkylation sites (tertiary alicyclic amines) is 1. The van der Waals surface area contributed by atoms with Gasteiger partial charge in [-0.1, -0.05) is 12.1 Å². The minimum atomic E-state index is -0.772. The van der Waals surface area contributed by atoms with Gasteiger partial charge in [0.15, 0.2) is 0 Å². The van der Waals surface area contributed by atoms with Crippen molar-refractivity contribution >= 4 is 35.2 Å². The van der Waals surface area contributed by atoms with Crippen LogP contribution in [0.25, 0.3) is 0 Å². The van der Waals surface area contributed by atoms with Gasteiger partial charge < -0.3 is 10.0 Å². The summed E-state index contributed by atoms with van der Waals surface area (Å²) in [5.41, 5.74) is 2.41. The van der Waals surface area contributed by atoms with Gasteiger partial charge in [0, 0.05) is 23.6 Å². The minimum absolute atomic E-state index is 0.109. The molecule has 0 aliphatic carbocycles. The monoisotopic (exact) mass is 403 g/mol. The third kappa shape index (κ3) is 3.89. The summed E-state index contributed by atoms with van der Waals surface area (Å²) in [4.78, 5) is 40.2. The van der Waals surface area contributed by atoms with Crippen molar-refractivity contribution in [1.82, 2.24) is 10.2 Å². The Labute approximate surface area is 168 Å². The lowest BCUT2D eigenvalue weighted by Crippen LogP contribution is -2.54. The summed E-state index contributed by atoms with van der Waals surface area (Å²) in [6, 6.07) is 6.03. The highest BCUT2D eigenvalue weighted by molar-refractivity contribution is 7.99. The molecule has 4 rings (SSSR count). The number of anilines is 1. The molecule has 0 saturated carbocycles. The van der Waals surface area contributed by atoms with Gasteiger partial charge in [-0.2, -0.15) is 0 Å². The molecule has 3 heterocycles. The Hall–Kier alpha value is -2.06. The number of hydrogen-bond acceptors (Lipinski definition) is 6. The van der Waals surface area contributed by atoms with Crippen LogP contribution >= 0.6 is 11.8 Å². The van der Waals surface area contributed by atoms with Gasteiger partial charge in [0.05, 0.1) is 12.2 Å². The van der Waals surface area contributed by atoms with Crippen molar-refractivity contribution in [3.8, 4) is 0 Å². The molecule has 2 fully saturated rings. The molecule has 150 valence electrons. The lowest BCUT2D eigenvalue weighted by molar-refractivity contribution is -0.138. The molecule has 2 amide bonds. The first kappa shape index (κ1) is 19.3. The van der Waals surface area contributed by atoms with E-state index >= 15 is 0 Å². The number of rotatable bonds is 4. The second kappa shape index (κ2) is 8.13. The predicted molar refractivity (Wildman–Crippen MR) is 107 cm³/mol. The van der Waals surface area contributed by atoms with Gasteiger partial charge in [-0.15, -0.1) is 11.8 Å². The number of benzene rings is 1. The number of amides is 2. The summed E-state index contributed by atoms with van der Waals surface area (Å²) in [5, 5.41) is 11.5. The Morgan fingerprint density at radius 2 is 1.96 bits per heavy atom. The molecule has 1 atom stereocenters. The van der Waals surface area contributed by atoms with E-state index in [2.05, 4.69) is 28.4 Å². The van der Waals surface area contributed by atoms with Crippen molar-refractivity contribution in [1.29, 1.82) is 0 Å². The van der Waals surface area contributed by atoms with E-state index in [1.165, 1.54) is 10.5 Å². The van der Waals surface area contributed by atoms with E-state index in [0.717, 1.165) is 43.9 Å². The number of nitrogens with one attached hydrogen (secondary N) is 1. The number of carbonyl (C=O) groups is 3. The molecule has 0 aromatic heterocycles. The first-order valence-electron chi connectivity index (χ1n) is 9.83. The van der Waals surface area contributed by atoms with Gasteiger partial charge in [-0.3, -0.25) is 24.6 Å². The van der Waals surface area contributed by atoms with Crippen LogP contribution in [0.2, 0.25) is 0 Å². The summed E-state index contributed by atoms with van der Waals surface area (Å²) < 4.78 is 0. The van der Waals surface area contributed by atoms with Crippen LogP contribution in [0.1, 0.15) is 37.2 Å². The molecule has 0 spiro atoms. The third-order valence-corrected chi connectivity index (χ3v) is 7.01. The zero-order valence-corrected chi connectivity index (χ0v) is 16.5. The van der Waals surface area contributed by atoms with Crippen molar-refractivity contribution < 1.29 is 19.5 Å². The number of thioether (sulfide) groups is 1. The van der Waals surface area contributed by atoms with E-state index in [1.54, 1.807) is 0 Å². The van der Waals surface area contributed by atoms with Crippen LogP contribution in [-0.4, -0.2) is 65.8 Å². The Balaban J connectivity index is 1.54. The molecule has 3 aliphatic rings. The van der Waals surface area contributed by atoms with Crippen molar-refractivity contribution in [2.45, 2.75) is 42.5 Å². The number of imide groups is 1. The molecule has 1 unspecified atom stereocenters. The number of carboxylic acid groups (broad SMARTS) is 1. The molecule has 1 aromatic rings. The average Bonchev–Trinajstić information content (AvgIpc) is 2.67. The van der Waals surface area contributed by atoms with Gasteiger partial charge in [-0.05, 0) is 49.9 Å². The molecule has 7 nitrogen and oxygen atoms in total. The highest BCUT2D eigenvalue weighted by Gasteiger charge is 2.35. The average molecular weight is 404 g/mol. The standard InChI is InChI=1S/C20H25N3O4S/c24-17-5-4-16(20(27)21-17)23-10-11-28-19-14(2-1-3-15(19)23)13-6-8-22(9-7-13)12-18(25)26/h1-3,13,16H,4-12H2,(H,25,26)(H,21,24,27). The van der Waals surface area contributed by atoms with Crippen molar-refractivity contribution in [3.05, 3.63) is 23.8 Å². The molecule has 1 aromatic carbocycles. The number of carbonyl (C=O) groups excluding carboxylic acids is 2. The maximum atomic E-state index is 12.4. The topological polar surface area (TPSA) is 89.9 Å². The van der Waals surface area contributed by atoms with Crippen LogP contribution in [0.5, 0.6) is 0 Å². The van der Waals surface area contributed by atoms with Gasteiger partial charge in [0.2, 0.25) is 11.8 Å². The first-order chi connectivity index (χ1) is 13.5. The Kier molecular flexibility index (Phi) is 5.59. The van der Waals surface area contributed by atoms with E-state index in [0.29, 0.717) is 18.8 Å². The van der Waals surface area contributed by atoms with E-state index in [-0.39, 0.29) is 24.4 Å². The Morgan fingerprint density at radius 3 is 2.68 bits per heavy atom. The van der Waals surface area contributed by atoms with Crippen LogP contribution in [0, 0.1) is 0 Å². The predicted octanol–water partition coefficient (Wildman–Crippen LogP) is 1.67. The molecule has 0 bridgehead atoms. The fourth-order valence-electron chi connectivity index (χ4n) is 4.51. The lowest BCUT2D eigenvalue weighted by Gasteiger charge is -2.40. The van der Waals surface area contributed by atoms with Gasteiger partial charge in [0.1, 0.15) is 6.04 Å². The minimum Gasteiger partial charge on any atom is -0.480 e. The van der Waals surface area contributed by atoms with Crippen LogP contribution in [-0.2, 0) is 14.4 Å². The number of nitrogens with zero attached hydrogens (tertiary/aromatic N) is 2. The van der Waals surface area contributed by atoms with Gasteiger partial charge >= 0.3 is 5.97 Å². The van der Waals surface area contributed by atoms with E-state index in [4.69, 9.17) is 5.11 Å². The zero-order valence-electron chi connectivity index (χ0n) is 15.7. The normalized spacial score (nSPS) is 24.0. The largest absolute Gasteiger partial charge is 0.480 e. The SMILES string of the molecule is O=C(O)CN1CCC(c2cccc3c2SCCN3C2CCC(=O)NC2=O)CC1. The number of hydrogen-bond donors (Lipinski definition) is 2. The van der Waals surface area contributed by atoms with Crippen LogP contribution < -0.4 is 10.2 Å². The molecular formula is C20H25N3O4S. The molecular weight excluding hydrogens is 378 g/mol. The van der Waals surface area contributed by atoms with Crippen LogP contribution in [0.15, 0.2) is 23.1 Å². The summed E-state index contributed by atoms with van der Waals surface area (Å²) >= 11 is 1.84. The molecule has 2 saturated heterocycles. The number of fused-ring (bicyclic) bond motifs is 1. The number of aliphatic carboxylic acids is 1. The van der Waals surface area contributed by atoms with E-state index in [9.17, 15) is 14.4 Å². The quantitative estimate of drug-likeness (QED) is 0.739. The molecule has 0 radical (unpaired) electrons. The summed E-state index contributed by atoms with van der Waals surface area (Å²) in [5.74, 6) is 0.177. The smallest absolute Gasteiger partial charge is 0.317 e. The zero-order chi connectivity index (χ0) is 19.7. The van der Waals surface area contributed by atoms with Crippen LogP contribution in [0.4, 0.5) is 5.69 Å². The van der Waals surface area contributed by atoms with E-state index in [1.807, 2.05) is 16.7 Å². The fourth-order valence-corrected chi connectivity index (χ4v) is 5.74. The van der Waals surface area contributed by atoms with Crippen molar-refractivity contribution in [3.63, 3.8) is 0 Å². The fraction of sp³-hybridized carbons (Fsp3) is 0.550. The van der Waals surface area contributed by atoms with Crippen molar-refractivity contribution in [2.75, 3.05) is 36.8 Å². The van der Waals surface area contributed by atoms with Crippen molar-refractivity contribution in [2.24, 2.45) is 0 Å². The maximum absolute atomic E-state index is 12.4. The second-order valence-corrected chi connectivity index (χ2v) is 8.75. The van der Waals surface area contributed by atoms with Gasteiger partial charge in [0.25, 0.3) is 0 Å². The molecule has 2 N–H and O–H groups in total. The highest BCUT2D eigenvalue weighted by atomic mass is 32.2. The maximum Gasteiger partial charge on any atom is 0.317 e.